The largest absolute Gasteiger partial charge is 0.465 e. The van der Waals surface area contributed by atoms with Crippen LogP contribution in [0.3, 0.4) is 0 Å². The van der Waals surface area contributed by atoms with E-state index in [9.17, 15) is 4.79 Å². The monoisotopic (exact) mass is 297 g/mol. The maximum Gasteiger partial charge on any atom is 0.340 e. The van der Waals surface area contributed by atoms with Gasteiger partial charge in [0, 0.05) is 26.0 Å². The Morgan fingerprint density at radius 3 is 2.57 bits per heavy atom. The molecule has 0 bridgehead atoms. The smallest absolute Gasteiger partial charge is 0.340 e. The number of carbonyl (C=O) groups excluding carboxylic acids is 1. The van der Waals surface area contributed by atoms with E-state index in [2.05, 4.69) is 0 Å². The van der Waals surface area contributed by atoms with Gasteiger partial charge >= 0.3 is 5.97 Å². The molecule has 21 heavy (non-hydrogen) atoms. The molecule has 2 N–H and O–H groups in total. The van der Waals surface area contributed by atoms with Gasteiger partial charge < -0.3 is 24.7 Å². The Morgan fingerprint density at radius 2 is 1.86 bits per heavy atom. The average molecular weight is 297 g/mol. The third-order valence-corrected chi connectivity index (χ3v) is 2.84. The molecule has 1 aromatic carbocycles. The Labute approximate surface area is 125 Å². The zero-order chi connectivity index (χ0) is 15.5. The van der Waals surface area contributed by atoms with Crippen molar-refractivity contribution in [1.82, 2.24) is 0 Å². The van der Waals surface area contributed by atoms with Crippen LogP contribution in [0.4, 0.5) is 5.69 Å². The van der Waals surface area contributed by atoms with Gasteiger partial charge in [0.2, 0.25) is 0 Å². The van der Waals surface area contributed by atoms with Crippen LogP contribution >= 0.6 is 0 Å². The molecule has 0 saturated carbocycles. The van der Waals surface area contributed by atoms with E-state index < -0.39 is 5.97 Å². The minimum atomic E-state index is -0.449. The number of hydrogen-bond donors (Lipinski definition) is 1. The number of ether oxygens (including phenoxy) is 4. The first-order valence-corrected chi connectivity index (χ1v) is 6.80. The fourth-order valence-corrected chi connectivity index (χ4v) is 1.78. The zero-order valence-corrected chi connectivity index (χ0v) is 12.6. The fraction of sp³-hybridized carbons (Fsp3) is 0.533. The Balaban J connectivity index is 2.35. The molecule has 0 heterocycles. The van der Waals surface area contributed by atoms with Gasteiger partial charge in [-0.1, -0.05) is 12.1 Å². The van der Waals surface area contributed by atoms with Gasteiger partial charge in [-0.05, 0) is 18.1 Å². The highest BCUT2D eigenvalue weighted by Crippen LogP contribution is 2.19. The van der Waals surface area contributed by atoms with Crippen molar-refractivity contribution in [2.45, 2.75) is 13.0 Å². The van der Waals surface area contributed by atoms with Crippen LogP contribution in [-0.4, -0.2) is 46.6 Å². The molecule has 6 heteroatoms. The molecule has 0 spiro atoms. The van der Waals surface area contributed by atoms with Crippen molar-refractivity contribution in [2.24, 2.45) is 0 Å². The average Bonchev–Trinajstić information content (AvgIpc) is 2.49. The molecule has 1 aromatic rings. The maximum absolute atomic E-state index is 11.7. The molecule has 118 valence electrons. The highest BCUT2D eigenvalue weighted by atomic mass is 16.5. The number of methoxy groups -OCH3 is 2. The lowest BCUT2D eigenvalue weighted by atomic mass is 10.1. The summed E-state index contributed by atoms with van der Waals surface area (Å²) in [6, 6.07) is 5.26. The van der Waals surface area contributed by atoms with Gasteiger partial charge in [0.15, 0.2) is 0 Å². The first kappa shape index (κ1) is 17.4. The molecule has 0 atom stereocenters. The highest BCUT2D eigenvalue weighted by molar-refractivity contribution is 5.96. The van der Waals surface area contributed by atoms with Crippen LogP contribution in [0.15, 0.2) is 18.2 Å². The molecule has 0 saturated heterocycles. The molecule has 0 radical (unpaired) electrons. The summed E-state index contributed by atoms with van der Waals surface area (Å²) in [6.07, 6.45) is 0.777. The van der Waals surface area contributed by atoms with Crippen molar-refractivity contribution in [3.05, 3.63) is 29.3 Å². The van der Waals surface area contributed by atoms with E-state index in [1.807, 2.05) is 0 Å². The van der Waals surface area contributed by atoms with Gasteiger partial charge in [0.1, 0.15) is 0 Å². The van der Waals surface area contributed by atoms with Crippen LogP contribution in [0.1, 0.15) is 22.3 Å². The standard InChI is InChI=1S/C15H23NO5/c1-18-9-10-20-7-4-8-21-11-12-5-3-6-13(16)14(12)15(17)19-2/h3,5-6H,4,7-11,16H2,1-2H3. The number of hydrogen-bond acceptors (Lipinski definition) is 6. The van der Waals surface area contributed by atoms with Gasteiger partial charge in [-0.15, -0.1) is 0 Å². The molecule has 0 aliphatic rings. The van der Waals surface area contributed by atoms with E-state index in [-0.39, 0.29) is 0 Å². The summed E-state index contributed by atoms with van der Waals surface area (Å²) in [5.41, 5.74) is 7.30. The Hall–Kier alpha value is -1.63. The minimum Gasteiger partial charge on any atom is -0.465 e. The van der Waals surface area contributed by atoms with Gasteiger partial charge in [-0.25, -0.2) is 4.79 Å². The normalized spacial score (nSPS) is 10.6. The van der Waals surface area contributed by atoms with E-state index in [1.165, 1.54) is 7.11 Å². The topological polar surface area (TPSA) is 80.0 Å². The van der Waals surface area contributed by atoms with Gasteiger partial charge in [0.25, 0.3) is 0 Å². The van der Waals surface area contributed by atoms with Crippen molar-refractivity contribution in [2.75, 3.05) is 46.4 Å². The lowest BCUT2D eigenvalue weighted by Gasteiger charge is -2.11. The predicted octanol–water partition coefficient (Wildman–Crippen LogP) is 1.63. The molecule has 0 fully saturated rings. The summed E-state index contributed by atoms with van der Waals surface area (Å²) >= 11 is 0. The third kappa shape index (κ3) is 6.12. The predicted molar refractivity (Wildman–Crippen MR) is 79.2 cm³/mol. The molecular weight excluding hydrogens is 274 g/mol. The highest BCUT2D eigenvalue weighted by Gasteiger charge is 2.15. The van der Waals surface area contributed by atoms with Crippen molar-refractivity contribution in [1.29, 1.82) is 0 Å². The summed E-state index contributed by atoms with van der Waals surface area (Å²) in [5, 5.41) is 0. The molecule has 0 unspecified atom stereocenters. The molecule has 6 nitrogen and oxygen atoms in total. The van der Waals surface area contributed by atoms with Crippen LogP contribution in [0, 0.1) is 0 Å². The summed E-state index contributed by atoms with van der Waals surface area (Å²) in [4.78, 5) is 11.7. The fourth-order valence-electron chi connectivity index (χ4n) is 1.78. The van der Waals surface area contributed by atoms with E-state index in [0.29, 0.717) is 44.3 Å². The second-order valence-corrected chi connectivity index (χ2v) is 4.38. The van der Waals surface area contributed by atoms with Gasteiger partial charge in [-0.3, -0.25) is 0 Å². The summed E-state index contributed by atoms with van der Waals surface area (Å²) in [6.45, 7) is 2.64. The van der Waals surface area contributed by atoms with Crippen LogP contribution in [0.5, 0.6) is 0 Å². The Bertz CT molecular complexity index is 436. The number of anilines is 1. The third-order valence-electron chi connectivity index (χ3n) is 2.84. The number of rotatable bonds is 10. The molecular formula is C15H23NO5. The quantitative estimate of drug-likeness (QED) is 0.401. The second kappa shape index (κ2) is 10.1. The Morgan fingerprint density at radius 1 is 1.10 bits per heavy atom. The molecule has 0 aromatic heterocycles. The summed E-state index contributed by atoms with van der Waals surface area (Å²) in [5.74, 6) is -0.449. The van der Waals surface area contributed by atoms with E-state index in [4.69, 9.17) is 24.7 Å². The van der Waals surface area contributed by atoms with Crippen LogP contribution in [-0.2, 0) is 25.6 Å². The first-order chi connectivity index (χ1) is 10.2. The van der Waals surface area contributed by atoms with Crippen molar-refractivity contribution < 1.29 is 23.7 Å². The maximum atomic E-state index is 11.7. The summed E-state index contributed by atoms with van der Waals surface area (Å²) < 4.78 is 20.5. The number of nitrogens with two attached hydrogens (primary N) is 1. The second-order valence-electron chi connectivity index (χ2n) is 4.38. The lowest BCUT2D eigenvalue weighted by molar-refractivity contribution is 0.0474. The number of carbonyl (C=O) groups is 1. The SMILES string of the molecule is COCCOCCCOCc1cccc(N)c1C(=O)OC. The van der Waals surface area contributed by atoms with Crippen molar-refractivity contribution >= 4 is 11.7 Å². The molecule has 0 aliphatic heterocycles. The lowest BCUT2D eigenvalue weighted by Crippen LogP contribution is -2.11. The van der Waals surface area contributed by atoms with E-state index >= 15 is 0 Å². The molecule has 0 aliphatic carbocycles. The van der Waals surface area contributed by atoms with E-state index in [1.54, 1.807) is 25.3 Å². The molecule has 1 rings (SSSR count). The summed E-state index contributed by atoms with van der Waals surface area (Å²) in [7, 11) is 2.97. The molecule has 0 amide bonds. The van der Waals surface area contributed by atoms with Gasteiger partial charge in [-0.2, -0.15) is 0 Å². The van der Waals surface area contributed by atoms with Crippen molar-refractivity contribution in [3.63, 3.8) is 0 Å². The van der Waals surface area contributed by atoms with E-state index in [0.717, 1.165) is 12.0 Å². The zero-order valence-electron chi connectivity index (χ0n) is 12.6. The van der Waals surface area contributed by atoms with Gasteiger partial charge in [0.05, 0.1) is 32.5 Å². The van der Waals surface area contributed by atoms with Crippen LogP contribution in [0.2, 0.25) is 0 Å². The minimum absolute atomic E-state index is 0.313. The first-order valence-electron chi connectivity index (χ1n) is 6.80. The number of nitrogen functional groups attached to an aromatic ring is 1. The van der Waals surface area contributed by atoms with Crippen molar-refractivity contribution in [3.8, 4) is 0 Å². The van der Waals surface area contributed by atoms with Crippen LogP contribution < -0.4 is 5.73 Å². The number of benzene rings is 1. The number of esters is 1. The Kier molecular flexibility index (Phi) is 8.42. The van der Waals surface area contributed by atoms with Crippen LogP contribution in [0.25, 0.3) is 0 Å².